The molecule has 124 valence electrons. The summed E-state index contributed by atoms with van der Waals surface area (Å²) < 4.78 is 0. The van der Waals surface area contributed by atoms with E-state index in [0.29, 0.717) is 12.1 Å². The lowest BCUT2D eigenvalue weighted by molar-refractivity contribution is -0.118. The van der Waals surface area contributed by atoms with Gasteiger partial charge in [-0.3, -0.25) is 4.79 Å². The van der Waals surface area contributed by atoms with Crippen LogP contribution in [-0.2, 0) is 11.3 Å². The molecule has 1 unspecified atom stereocenters. The van der Waals surface area contributed by atoms with Crippen LogP contribution in [0.2, 0.25) is 0 Å². The van der Waals surface area contributed by atoms with Gasteiger partial charge in [-0.15, -0.1) is 0 Å². The Labute approximate surface area is 147 Å². The Morgan fingerprint density at radius 3 is 2.40 bits per heavy atom. The van der Waals surface area contributed by atoms with Gasteiger partial charge >= 0.3 is 0 Å². The van der Waals surface area contributed by atoms with Crippen molar-refractivity contribution in [2.45, 2.75) is 19.4 Å². The predicted molar refractivity (Wildman–Crippen MR) is 98.8 cm³/mol. The van der Waals surface area contributed by atoms with Crippen LogP contribution < -0.4 is 4.90 Å². The molecule has 0 fully saturated rings. The maximum Gasteiger partial charge on any atom is 0.239 e. The SMILES string of the molecule is Cc1ccc2c(c1)C(c1ccccc1O)C(=O)N2Cc1ccccc1. The summed E-state index contributed by atoms with van der Waals surface area (Å²) in [6, 6.07) is 23.2. The fourth-order valence-electron chi connectivity index (χ4n) is 3.52. The average Bonchev–Trinajstić information content (AvgIpc) is 2.88. The number of hydrogen-bond donors (Lipinski definition) is 1. The molecule has 1 amide bonds. The van der Waals surface area contributed by atoms with Gasteiger partial charge in [-0.05, 0) is 30.2 Å². The van der Waals surface area contributed by atoms with Crippen LogP contribution in [0.5, 0.6) is 5.75 Å². The van der Waals surface area contributed by atoms with Crippen LogP contribution in [-0.4, -0.2) is 11.0 Å². The van der Waals surface area contributed by atoms with E-state index in [0.717, 1.165) is 22.4 Å². The summed E-state index contributed by atoms with van der Waals surface area (Å²) in [6.45, 7) is 2.55. The predicted octanol–water partition coefficient (Wildman–Crippen LogP) is 4.38. The summed E-state index contributed by atoms with van der Waals surface area (Å²) in [5.74, 6) is -0.291. The Balaban J connectivity index is 1.81. The molecule has 0 bridgehead atoms. The van der Waals surface area contributed by atoms with Crippen LogP contribution in [0, 0.1) is 6.92 Å². The van der Waals surface area contributed by atoms with Crippen molar-refractivity contribution in [3.8, 4) is 5.75 Å². The van der Waals surface area contributed by atoms with E-state index in [1.54, 1.807) is 12.1 Å². The highest BCUT2D eigenvalue weighted by Crippen LogP contribution is 2.44. The number of benzene rings is 3. The van der Waals surface area contributed by atoms with Gasteiger partial charge in [0, 0.05) is 11.3 Å². The lowest BCUT2D eigenvalue weighted by atomic mass is 9.91. The summed E-state index contributed by atoms with van der Waals surface area (Å²) in [6.07, 6.45) is 0. The quantitative estimate of drug-likeness (QED) is 0.775. The maximum absolute atomic E-state index is 13.2. The van der Waals surface area contributed by atoms with Crippen molar-refractivity contribution in [3.05, 3.63) is 95.1 Å². The third kappa shape index (κ3) is 2.68. The minimum absolute atomic E-state index is 0.00551. The normalized spacial score (nSPS) is 16.1. The third-order valence-corrected chi connectivity index (χ3v) is 4.73. The molecule has 3 nitrogen and oxygen atoms in total. The number of para-hydroxylation sites is 1. The summed E-state index contributed by atoms with van der Waals surface area (Å²) in [4.78, 5) is 15.1. The minimum Gasteiger partial charge on any atom is -0.508 e. The molecule has 1 N–H and O–H groups in total. The zero-order chi connectivity index (χ0) is 17.4. The van der Waals surface area contributed by atoms with Gasteiger partial charge in [-0.1, -0.05) is 66.2 Å². The molecule has 4 rings (SSSR count). The highest BCUT2D eigenvalue weighted by Gasteiger charge is 2.39. The Bertz CT molecular complexity index is 934. The molecule has 0 aromatic heterocycles. The van der Waals surface area contributed by atoms with E-state index in [1.165, 1.54) is 0 Å². The van der Waals surface area contributed by atoms with Crippen molar-refractivity contribution < 1.29 is 9.90 Å². The topological polar surface area (TPSA) is 40.5 Å². The third-order valence-electron chi connectivity index (χ3n) is 4.73. The van der Waals surface area contributed by atoms with Crippen LogP contribution in [0.4, 0.5) is 5.69 Å². The van der Waals surface area contributed by atoms with Gasteiger partial charge in [0.25, 0.3) is 0 Å². The molecule has 0 spiro atoms. The summed E-state index contributed by atoms with van der Waals surface area (Å²) in [5.41, 5.74) is 4.74. The second-order valence-corrected chi connectivity index (χ2v) is 6.46. The number of hydrogen-bond acceptors (Lipinski definition) is 2. The number of rotatable bonds is 3. The van der Waals surface area contributed by atoms with Gasteiger partial charge in [-0.25, -0.2) is 0 Å². The zero-order valence-electron chi connectivity index (χ0n) is 14.0. The molecule has 0 saturated heterocycles. The smallest absolute Gasteiger partial charge is 0.239 e. The molecule has 1 atom stereocenters. The molecule has 3 heteroatoms. The van der Waals surface area contributed by atoms with E-state index in [-0.39, 0.29) is 11.7 Å². The molecular weight excluding hydrogens is 310 g/mol. The maximum atomic E-state index is 13.2. The molecule has 0 saturated carbocycles. The molecule has 1 aliphatic rings. The second kappa shape index (κ2) is 6.10. The van der Waals surface area contributed by atoms with E-state index in [9.17, 15) is 9.90 Å². The Kier molecular flexibility index (Phi) is 3.77. The van der Waals surface area contributed by atoms with Crippen molar-refractivity contribution in [1.82, 2.24) is 0 Å². The fraction of sp³-hybridized carbons (Fsp3) is 0.136. The summed E-state index contributed by atoms with van der Waals surface area (Å²) >= 11 is 0. The first-order valence-electron chi connectivity index (χ1n) is 8.39. The number of aromatic hydroxyl groups is 1. The Morgan fingerprint density at radius 1 is 0.920 bits per heavy atom. The van der Waals surface area contributed by atoms with E-state index in [1.807, 2.05) is 66.4 Å². The average molecular weight is 329 g/mol. The Morgan fingerprint density at radius 2 is 1.64 bits per heavy atom. The first-order chi connectivity index (χ1) is 12.1. The van der Waals surface area contributed by atoms with Crippen LogP contribution in [0.1, 0.15) is 28.2 Å². The first kappa shape index (κ1) is 15.5. The molecule has 3 aromatic carbocycles. The number of phenolic OH excluding ortho intramolecular Hbond substituents is 1. The van der Waals surface area contributed by atoms with Gasteiger partial charge in [0.2, 0.25) is 5.91 Å². The van der Waals surface area contributed by atoms with E-state index >= 15 is 0 Å². The largest absolute Gasteiger partial charge is 0.508 e. The van der Waals surface area contributed by atoms with Gasteiger partial charge < -0.3 is 10.0 Å². The molecule has 3 aromatic rings. The lowest BCUT2D eigenvalue weighted by Gasteiger charge is -2.18. The lowest BCUT2D eigenvalue weighted by Crippen LogP contribution is -2.28. The molecule has 1 aliphatic heterocycles. The van der Waals surface area contributed by atoms with Crippen molar-refractivity contribution >= 4 is 11.6 Å². The number of carbonyl (C=O) groups excluding carboxylic acids is 1. The van der Waals surface area contributed by atoms with Gasteiger partial charge in [0.15, 0.2) is 0 Å². The fourth-order valence-corrected chi connectivity index (χ4v) is 3.52. The van der Waals surface area contributed by atoms with Gasteiger partial charge in [0.1, 0.15) is 5.75 Å². The highest BCUT2D eigenvalue weighted by atomic mass is 16.3. The molecule has 0 aliphatic carbocycles. The number of phenols is 1. The molecular formula is C22H19NO2. The number of aryl methyl sites for hydroxylation is 1. The first-order valence-corrected chi connectivity index (χ1v) is 8.39. The number of carbonyl (C=O) groups is 1. The number of nitrogens with zero attached hydrogens (tertiary/aromatic N) is 1. The van der Waals surface area contributed by atoms with E-state index < -0.39 is 5.92 Å². The number of amides is 1. The van der Waals surface area contributed by atoms with Crippen molar-refractivity contribution in [3.63, 3.8) is 0 Å². The van der Waals surface area contributed by atoms with Gasteiger partial charge in [-0.2, -0.15) is 0 Å². The molecule has 25 heavy (non-hydrogen) atoms. The monoisotopic (exact) mass is 329 g/mol. The van der Waals surface area contributed by atoms with Crippen LogP contribution >= 0.6 is 0 Å². The van der Waals surface area contributed by atoms with Crippen LogP contribution in [0.15, 0.2) is 72.8 Å². The molecule has 1 heterocycles. The van der Waals surface area contributed by atoms with Crippen LogP contribution in [0.3, 0.4) is 0 Å². The molecule has 0 radical (unpaired) electrons. The van der Waals surface area contributed by atoms with E-state index in [2.05, 4.69) is 6.07 Å². The Hall–Kier alpha value is -3.07. The summed E-state index contributed by atoms with van der Waals surface area (Å²) in [7, 11) is 0. The van der Waals surface area contributed by atoms with Crippen molar-refractivity contribution in [2.24, 2.45) is 0 Å². The van der Waals surface area contributed by atoms with E-state index in [4.69, 9.17) is 0 Å². The second-order valence-electron chi connectivity index (χ2n) is 6.46. The summed E-state index contributed by atoms with van der Waals surface area (Å²) in [5, 5.41) is 10.3. The van der Waals surface area contributed by atoms with Crippen molar-refractivity contribution in [2.75, 3.05) is 4.90 Å². The number of fused-ring (bicyclic) bond motifs is 1. The van der Waals surface area contributed by atoms with Crippen LogP contribution in [0.25, 0.3) is 0 Å². The van der Waals surface area contributed by atoms with Gasteiger partial charge in [0.05, 0.1) is 12.5 Å². The number of anilines is 1. The zero-order valence-corrected chi connectivity index (χ0v) is 14.0. The highest BCUT2D eigenvalue weighted by molar-refractivity contribution is 6.07. The standard InChI is InChI=1S/C22H19NO2/c1-15-11-12-19-18(13-15)21(17-9-5-6-10-20(17)24)22(25)23(19)14-16-7-3-2-4-8-16/h2-13,21,24H,14H2,1H3. The minimum atomic E-state index is -0.459. The van der Waals surface area contributed by atoms with Crippen molar-refractivity contribution in [1.29, 1.82) is 0 Å².